The minimum atomic E-state index is 0.111. The van der Waals surface area contributed by atoms with Crippen molar-refractivity contribution in [1.29, 1.82) is 0 Å². The number of aldehydes is 1. The summed E-state index contributed by atoms with van der Waals surface area (Å²) in [6, 6.07) is 0.665. The number of hydrogen-bond donors (Lipinski definition) is 1. The molecule has 1 rings (SSSR count). The summed E-state index contributed by atoms with van der Waals surface area (Å²) in [4.78, 5) is 10.5. The van der Waals surface area contributed by atoms with Gasteiger partial charge in [0.1, 0.15) is 6.29 Å². The van der Waals surface area contributed by atoms with Crippen molar-refractivity contribution < 1.29 is 4.79 Å². The zero-order chi connectivity index (χ0) is 8.97. The highest BCUT2D eigenvalue weighted by Crippen LogP contribution is 2.22. The average molecular weight is 234 g/mol. The number of rotatable bonds is 4. The van der Waals surface area contributed by atoms with Crippen LogP contribution in [0.5, 0.6) is 0 Å². The maximum absolute atomic E-state index is 10.5. The summed E-state index contributed by atoms with van der Waals surface area (Å²) >= 11 is 3.41. The van der Waals surface area contributed by atoms with Crippen LogP contribution >= 0.6 is 15.9 Å². The Morgan fingerprint density at radius 2 is 2.42 bits per heavy atom. The van der Waals surface area contributed by atoms with Crippen LogP contribution in [0.1, 0.15) is 26.2 Å². The van der Waals surface area contributed by atoms with Gasteiger partial charge in [0.05, 0.1) is 6.04 Å². The smallest absolute Gasteiger partial charge is 0.136 e. The van der Waals surface area contributed by atoms with Gasteiger partial charge in [-0.25, -0.2) is 0 Å². The van der Waals surface area contributed by atoms with Gasteiger partial charge in [-0.15, -0.1) is 0 Å². The standard InChI is InChI=1S/C9H16BrNO/c1-7-5-8(6-12)11-9(7)3-2-4-10/h6-9,11H,2-5H2,1H3. The van der Waals surface area contributed by atoms with Crippen molar-refractivity contribution in [2.45, 2.75) is 38.3 Å². The van der Waals surface area contributed by atoms with Gasteiger partial charge in [0.2, 0.25) is 0 Å². The van der Waals surface area contributed by atoms with Crippen LogP contribution in [0.2, 0.25) is 0 Å². The Balaban J connectivity index is 2.30. The summed E-state index contributed by atoms with van der Waals surface area (Å²) < 4.78 is 0. The molecule has 0 bridgehead atoms. The highest BCUT2D eigenvalue weighted by Gasteiger charge is 2.29. The SMILES string of the molecule is CC1CC(C=O)NC1CCCBr. The molecule has 1 saturated heterocycles. The molecule has 1 aliphatic heterocycles. The van der Waals surface area contributed by atoms with Gasteiger partial charge in [0.15, 0.2) is 0 Å². The third-order valence-electron chi connectivity index (χ3n) is 2.55. The molecular weight excluding hydrogens is 218 g/mol. The summed E-state index contributed by atoms with van der Waals surface area (Å²) in [5.74, 6) is 0.652. The number of hydrogen-bond acceptors (Lipinski definition) is 2. The van der Waals surface area contributed by atoms with Crippen LogP contribution in [0.4, 0.5) is 0 Å². The van der Waals surface area contributed by atoms with E-state index in [0.29, 0.717) is 12.0 Å². The van der Waals surface area contributed by atoms with Gasteiger partial charge >= 0.3 is 0 Å². The van der Waals surface area contributed by atoms with Gasteiger partial charge in [0, 0.05) is 11.4 Å². The van der Waals surface area contributed by atoms with Gasteiger partial charge in [-0.2, -0.15) is 0 Å². The summed E-state index contributed by atoms with van der Waals surface area (Å²) in [6.07, 6.45) is 4.41. The largest absolute Gasteiger partial charge is 0.305 e. The first-order chi connectivity index (χ1) is 5.77. The Hall–Kier alpha value is 0.110. The third kappa shape index (κ3) is 2.56. The van der Waals surface area contributed by atoms with Crippen LogP contribution in [-0.4, -0.2) is 23.7 Å². The Bertz CT molecular complexity index is 151. The molecule has 0 spiro atoms. The molecule has 0 aliphatic carbocycles. The Kier molecular flexibility index (Phi) is 4.22. The molecule has 0 aromatic heterocycles. The zero-order valence-electron chi connectivity index (χ0n) is 7.42. The predicted octanol–water partition coefficient (Wildman–Crippen LogP) is 1.73. The average Bonchev–Trinajstić information content (AvgIpc) is 2.43. The van der Waals surface area contributed by atoms with E-state index in [0.717, 1.165) is 18.0 Å². The molecular formula is C9H16BrNO. The lowest BCUT2D eigenvalue weighted by molar-refractivity contribution is -0.109. The molecule has 2 nitrogen and oxygen atoms in total. The highest BCUT2D eigenvalue weighted by molar-refractivity contribution is 9.09. The van der Waals surface area contributed by atoms with E-state index in [9.17, 15) is 4.79 Å². The molecule has 1 heterocycles. The van der Waals surface area contributed by atoms with Crippen LogP contribution in [0.15, 0.2) is 0 Å². The van der Waals surface area contributed by atoms with Gasteiger partial charge in [-0.3, -0.25) is 0 Å². The quantitative estimate of drug-likeness (QED) is 0.592. The summed E-state index contributed by atoms with van der Waals surface area (Å²) in [7, 11) is 0. The summed E-state index contributed by atoms with van der Waals surface area (Å²) in [5.41, 5.74) is 0. The Labute approximate surface area is 82.2 Å². The van der Waals surface area contributed by atoms with Crippen molar-refractivity contribution in [3.05, 3.63) is 0 Å². The van der Waals surface area contributed by atoms with Crippen molar-refractivity contribution in [2.75, 3.05) is 5.33 Å². The molecule has 3 unspecified atom stereocenters. The molecule has 0 saturated carbocycles. The lowest BCUT2D eigenvalue weighted by Crippen LogP contribution is -2.31. The fourth-order valence-electron chi connectivity index (χ4n) is 1.83. The van der Waals surface area contributed by atoms with E-state index in [1.807, 2.05) is 0 Å². The number of alkyl halides is 1. The maximum Gasteiger partial charge on any atom is 0.136 e. The lowest BCUT2D eigenvalue weighted by atomic mass is 9.98. The molecule has 0 radical (unpaired) electrons. The minimum absolute atomic E-state index is 0.111. The molecule has 0 aromatic rings. The predicted molar refractivity (Wildman–Crippen MR) is 53.6 cm³/mol. The Morgan fingerprint density at radius 1 is 1.67 bits per heavy atom. The molecule has 3 atom stereocenters. The van der Waals surface area contributed by atoms with Gasteiger partial charge < -0.3 is 10.1 Å². The lowest BCUT2D eigenvalue weighted by Gasteiger charge is -2.14. The van der Waals surface area contributed by atoms with Gasteiger partial charge in [-0.1, -0.05) is 22.9 Å². The fourth-order valence-corrected chi connectivity index (χ4v) is 2.16. The van der Waals surface area contributed by atoms with E-state index in [4.69, 9.17) is 0 Å². The minimum Gasteiger partial charge on any atom is -0.305 e. The van der Waals surface area contributed by atoms with Crippen LogP contribution in [0, 0.1) is 5.92 Å². The van der Waals surface area contributed by atoms with Crippen LogP contribution in [0.3, 0.4) is 0 Å². The van der Waals surface area contributed by atoms with Crippen LogP contribution in [0.25, 0.3) is 0 Å². The molecule has 12 heavy (non-hydrogen) atoms. The van der Waals surface area contributed by atoms with E-state index in [2.05, 4.69) is 28.2 Å². The monoisotopic (exact) mass is 233 g/mol. The van der Waals surface area contributed by atoms with Crippen LogP contribution in [-0.2, 0) is 4.79 Å². The second-order valence-electron chi connectivity index (χ2n) is 3.56. The topological polar surface area (TPSA) is 29.1 Å². The zero-order valence-corrected chi connectivity index (χ0v) is 9.01. The second-order valence-corrected chi connectivity index (χ2v) is 4.35. The van der Waals surface area contributed by atoms with Crippen molar-refractivity contribution in [3.8, 4) is 0 Å². The molecule has 0 amide bonds. The second kappa shape index (κ2) is 4.97. The molecule has 1 fully saturated rings. The van der Waals surface area contributed by atoms with E-state index >= 15 is 0 Å². The van der Waals surface area contributed by atoms with Crippen molar-refractivity contribution >= 4 is 22.2 Å². The van der Waals surface area contributed by atoms with Crippen molar-refractivity contribution in [2.24, 2.45) is 5.92 Å². The first kappa shape index (κ1) is 10.2. The van der Waals surface area contributed by atoms with Gasteiger partial charge in [0.25, 0.3) is 0 Å². The first-order valence-corrected chi connectivity index (χ1v) is 5.67. The normalized spacial score (nSPS) is 35.3. The molecule has 70 valence electrons. The van der Waals surface area contributed by atoms with E-state index < -0.39 is 0 Å². The van der Waals surface area contributed by atoms with E-state index in [1.165, 1.54) is 12.8 Å². The van der Waals surface area contributed by atoms with E-state index in [1.54, 1.807) is 0 Å². The fraction of sp³-hybridized carbons (Fsp3) is 0.889. The highest BCUT2D eigenvalue weighted by atomic mass is 79.9. The number of carbonyl (C=O) groups excluding carboxylic acids is 1. The molecule has 1 N–H and O–H groups in total. The summed E-state index contributed by atoms with van der Waals surface area (Å²) in [5, 5.41) is 4.40. The maximum atomic E-state index is 10.5. The van der Waals surface area contributed by atoms with E-state index in [-0.39, 0.29) is 6.04 Å². The van der Waals surface area contributed by atoms with Crippen molar-refractivity contribution in [3.63, 3.8) is 0 Å². The molecule has 1 aliphatic rings. The van der Waals surface area contributed by atoms with Crippen LogP contribution < -0.4 is 5.32 Å². The Morgan fingerprint density at radius 3 is 2.92 bits per heavy atom. The van der Waals surface area contributed by atoms with Gasteiger partial charge in [-0.05, 0) is 25.2 Å². The van der Waals surface area contributed by atoms with Crippen molar-refractivity contribution in [1.82, 2.24) is 5.32 Å². The summed E-state index contributed by atoms with van der Waals surface area (Å²) in [6.45, 7) is 2.22. The third-order valence-corrected chi connectivity index (χ3v) is 3.11. The number of nitrogens with one attached hydrogen (secondary N) is 1. The number of halogens is 1. The molecule has 0 aromatic carbocycles. The molecule has 3 heteroatoms. The number of carbonyl (C=O) groups is 1. The first-order valence-electron chi connectivity index (χ1n) is 4.55.